The zero-order valence-electron chi connectivity index (χ0n) is 37.6. The number of ether oxygens (including phenoxy) is 6. The zero-order chi connectivity index (χ0) is 48.6. The first-order valence-electron chi connectivity index (χ1n) is 19.7. The lowest BCUT2D eigenvalue weighted by Crippen LogP contribution is -2.26. The number of rotatable bonds is 23. The minimum Gasteiger partial charge on any atom is -0.469 e. The molecule has 0 aliphatic carbocycles. The van der Waals surface area contributed by atoms with Gasteiger partial charge in [-0.1, -0.05) is 53.3 Å². The number of hydrogen-bond donors (Lipinski definition) is 0. The minimum absolute atomic E-state index is 0.0294. The van der Waals surface area contributed by atoms with Crippen LogP contribution in [-0.2, 0) is 82.5 Å². The van der Waals surface area contributed by atoms with Gasteiger partial charge in [-0.25, -0.2) is 4.68 Å². The standard InChI is InChI=1S/C24H38N6O6.C11H12O4.C5H8N6O2/c1-23(2,3)11-17(22(33)34-7)12-29-13-18(25-27-29)15-35-20(31)9-8-10-21(32)36-16-19-14-30(28-26-19)24(4,5)6;1-3-8-14-10(12)6-5-7-11(13)15-9-4-2;1-13-5(12)4(2-8-10-6)3-9-11-7/h13-14,17H,8-12,15-16H2,1-7H3;1-2H,5-9H2;4H,2-3H2,1H3. The Balaban J connectivity index is 0.00000116. The Morgan fingerprint density at radius 1 is 0.688 bits per heavy atom. The van der Waals surface area contributed by atoms with Gasteiger partial charge < -0.3 is 28.4 Å². The molecule has 2 aromatic rings. The number of nitrogens with zero attached hydrogens (tertiary/aromatic N) is 12. The largest absolute Gasteiger partial charge is 0.469 e. The quantitative estimate of drug-likeness (QED) is 0.0364. The zero-order valence-corrected chi connectivity index (χ0v) is 37.6. The lowest BCUT2D eigenvalue weighted by molar-refractivity contribution is -0.148. The fourth-order valence-corrected chi connectivity index (χ4v) is 4.78. The summed E-state index contributed by atoms with van der Waals surface area (Å²) in [7, 11) is 2.57. The van der Waals surface area contributed by atoms with E-state index in [0.29, 0.717) is 37.2 Å². The first-order valence-corrected chi connectivity index (χ1v) is 19.7. The van der Waals surface area contributed by atoms with Gasteiger partial charge in [0.2, 0.25) is 0 Å². The van der Waals surface area contributed by atoms with Gasteiger partial charge in [-0.3, -0.25) is 33.4 Å². The Bertz CT molecular complexity index is 1930. The van der Waals surface area contributed by atoms with E-state index in [-0.39, 0.29) is 88.0 Å². The number of esters is 6. The summed E-state index contributed by atoms with van der Waals surface area (Å²) in [6.45, 7) is 12.2. The molecular formula is C40H58N12O12. The summed E-state index contributed by atoms with van der Waals surface area (Å²) in [5.41, 5.74) is 16.8. The Morgan fingerprint density at radius 3 is 1.50 bits per heavy atom. The molecule has 0 saturated carbocycles. The molecule has 0 aromatic carbocycles. The van der Waals surface area contributed by atoms with Crippen molar-refractivity contribution in [1.82, 2.24) is 30.0 Å². The highest BCUT2D eigenvalue weighted by Gasteiger charge is 2.27. The number of azide groups is 2. The monoisotopic (exact) mass is 898 g/mol. The molecule has 64 heavy (non-hydrogen) atoms. The number of carbonyl (C=O) groups is 6. The molecule has 24 heteroatoms. The smallest absolute Gasteiger partial charge is 0.310 e. The fourth-order valence-electron chi connectivity index (χ4n) is 4.78. The van der Waals surface area contributed by atoms with Crippen molar-refractivity contribution in [3.05, 3.63) is 44.7 Å². The van der Waals surface area contributed by atoms with Gasteiger partial charge in [0.25, 0.3) is 0 Å². The summed E-state index contributed by atoms with van der Waals surface area (Å²) in [5, 5.41) is 22.4. The molecule has 2 rings (SSSR count). The summed E-state index contributed by atoms with van der Waals surface area (Å²) in [4.78, 5) is 73.8. The molecule has 0 aliphatic heterocycles. The summed E-state index contributed by atoms with van der Waals surface area (Å²) in [6.07, 6.45) is 14.9. The lowest BCUT2D eigenvalue weighted by atomic mass is 9.84. The Labute approximate surface area is 371 Å². The molecular weight excluding hydrogens is 841 g/mol. The third-order valence-corrected chi connectivity index (χ3v) is 7.80. The molecule has 1 unspecified atom stereocenters. The molecule has 2 aromatic heterocycles. The van der Waals surface area contributed by atoms with Crippen LogP contribution in [0.2, 0.25) is 0 Å². The highest BCUT2D eigenvalue weighted by molar-refractivity contribution is 5.74. The second-order valence-corrected chi connectivity index (χ2v) is 15.5. The average Bonchev–Trinajstić information content (AvgIpc) is 3.93. The van der Waals surface area contributed by atoms with Crippen LogP contribution in [0.3, 0.4) is 0 Å². The van der Waals surface area contributed by atoms with Crippen molar-refractivity contribution in [3.63, 3.8) is 0 Å². The molecule has 0 bridgehead atoms. The molecule has 0 saturated heterocycles. The first kappa shape index (κ1) is 56.8. The van der Waals surface area contributed by atoms with Crippen LogP contribution in [0, 0.1) is 41.9 Å². The normalized spacial score (nSPS) is 11.3. The number of hydrogen-bond acceptors (Lipinski definition) is 18. The minimum atomic E-state index is -0.697. The van der Waals surface area contributed by atoms with E-state index in [9.17, 15) is 28.8 Å². The number of terminal acetylenes is 2. The van der Waals surface area contributed by atoms with Gasteiger partial charge in [0.1, 0.15) is 24.6 Å². The lowest BCUT2D eigenvalue weighted by Gasteiger charge is -2.24. The maximum absolute atomic E-state index is 12.1. The van der Waals surface area contributed by atoms with Crippen LogP contribution in [0.15, 0.2) is 22.6 Å². The van der Waals surface area contributed by atoms with Gasteiger partial charge >= 0.3 is 35.8 Å². The molecule has 24 nitrogen and oxygen atoms in total. The van der Waals surface area contributed by atoms with Gasteiger partial charge in [0, 0.05) is 48.6 Å². The Morgan fingerprint density at radius 2 is 1.11 bits per heavy atom. The summed E-state index contributed by atoms with van der Waals surface area (Å²) < 4.78 is 32.2. The third-order valence-electron chi connectivity index (χ3n) is 7.80. The molecule has 0 N–H and O–H groups in total. The first-order chi connectivity index (χ1) is 30.2. The number of aromatic nitrogens is 6. The number of carbonyl (C=O) groups excluding carboxylic acids is 6. The van der Waals surface area contributed by atoms with Crippen molar-refractivity contribution in [3.8, 4) is 24.7 Å². The van der Waals surface area contributed by atoms with Crippen molar-refractivity contribution in [2.75, 3.05) is 40.5 Å². The van der Waals surface area contributed by atoms with Crippen molar-refractivity contribution in [1.29, 1.82) is 0 Å². The van der Waals surface area contributed by atoms with Crippen molar-refractivity contribution in [2.24, 2.45) is 27.5 Å². The molecule has 0 radical (unpaired) electrons. The highest BCUT2D eigenvalue weighted by Crippen LogP contribution is 2.26. The Kier molecular flexibility index (Phi) is 28.1. The van der Waals surface area contributed by atoms with Crippen LogP contribution in [-0.4, -0.2) is 106 Å². The molecule has 2 heterocycles. The SMILES string of the molecule is C#CCOC(=O)CCCC(=O)OCC#C.COC(=O)C(CN=[N+]=[N-])CN=[N+]=[N-].COC(=O)C(Cn1cc(COC(=O)CCCC(=O)OCc2cn(C(C)(C)C)nn2)nn1)CC(C)(C)C. The van der Waals surface area contributed by atoms with Crippen molar-refractivity contribution >= 4 is 35.8 Å². The van der Waals surface area contributed by atoms with E-state index in [1.54, 1.807) is 21.8 Å². The summed E-state index contributed by atoms with van der Waals surface area (Å²) >= 11 is 0. The molecule has 0 aliphatic rings. The van der Waals surface area contributed by atoms with Crippen molar-refractivity contribution < 1.29 is 57.2 Å². The van der Waals surface area contributed by atoms with Crippen LogP contribution in [0.25, 0.3) is 20.9 Å². The van der Waals surface area contributed by atoms with Gasteiger partial charge in [0.15, 0.2) is 13.2 Å². The molecule has 0 spiro atoms. The Hall–Kier alpha value is -7.16. The topological polar surface area (TPSA) is 317 Å². The van der Waals surface area contributed by atoms with Crippen LogP contribution in [0.4, 0.5) is 0 Å². The van der Waals surface area contributed by atoms with E-state index >= 15 is 0 Å². The molecule has 1 atom stereocenters. The third kappa shape index (κ3) is 27.6. The maximum atomic E-state index is 12.1. The summed E-state index contributed by atoms with van der Waals surface area (Å²) in [5.74, 6) is 0.703. The molecule has 350 valence electrons. The van der Waals surface area contributed by atoms with Crippen molar-refractivity contribution in [2.45, 2.75) is 112 Å². The van der Waals surface area contributed by atoms with Gasteiger partial charge in [0.05, 0.1) is 50.5 Å². The van der Waals surface area contributed by atoms with Crippen LogP contribution >= 0.6 is 0 Å². The predicted octanol–water partition coefficient (Wildman–Crippen LogP) is 4.71. The molecule has 0 fully saturated rings. The highest BCUT2D eigenvalue weighted by atomic mass is 16.5. The van der Waals surface area contributed by atoms with Crippen LogP contribution < -0.4 is 0 Å². The molecule has 0 amide bonds. The van der Waals surface area contributed by atoms with E-state index in [1.807, 2.05) is 20.8 Å². The number of methoxy groups -OCH3 is 2. The fraction of sp³-hybridized carbons (Fsp3) is 0.650. The second kappa shape index (κ2) is 31.7. The van der Waals surface area contributed by atoms with E-state index in [0.717, 1.165) is 0 Å². The van der Waals surface area contributed by atoms with E-state index in [2.05, 4.69) is 87.5 Å². The van der Waals surface area contributed by atoms with E-state index in [4.69, 9.17) is 38.1 Å². The maximum Gasteiger partial charge on any atom is 0.310 e. The van der Waals surface area contributed by atoms with E-state index < -0.39 is 35.8 Å². The predicted molar refractivity (Wildman–Crippen MR) is 225 cm³/mol. The van der Waals surface area contributed by atoms with Gasteiger partial charge in [-0.15, -0.1) is 23.0 Å². The summed E-state index contributed by atoms with van der Waals surface area (Å²) in [6, 6.07) is 0. The van der Waals surface area contributed by atoms with Crippen LogP contribution in [0.5, 0.6) is 0 Å². The van der Waals surface area contributed by atoms with Crippen LogP contribution in [0.1, 0.15) is 97.9 Å². The van der Waals surface area contributed by atoms with Gasteiger partial charge in [-0.05, 0) is 56.5 Å². The van der Waals surface area contributed by atoms with E-state index in [1.165, 1.54) is 14.2 Å². The average molecular weight is 899 g/mol. The van der Waals surface area contributed by atoms with Gasteiger partial charge in [-0.2, -0.15) is 0 Å². The second-order valence-electron chi connectivity index (χ2n) is 15.5.